The zero-order valence-electron chi connectivity index (χ0n) is 19.3. The molecule has 1 N–H and O–H groups in total. The minimum atomic E-state index is -0.107. The molecule has 4 heteroatoms. The highest BCUT2D eigenvalue weighted by atomic mass is 32.1. The van der Waals surface area contributed by atoms with Crippen molar-refractivity contribution < 1.29 is 0 Å². The smallest absolute Gasteiger partial charge is 0.127 e. The fraction of sp³-hybridized carbons (Fsp3) is 0.0645. The van der Waals surface area contributed by atoms with Crippen molar-refractivity contribution in [1.29, 1.82) is 0 Å². The van der Waals surface area contributed by atoms with Crippen LogP contribution in [-0.2, 0) is 0 Å². The Kier molecular flexibility index (Phi) is 4.69. The Morgan fingerprint density at radius 2 is 1.37 bits per heavy atom. The van der Waals surface area contributed by atoms with Gasteiger partial charge < -0.3 is 4.57 Å². The number of nitrogens with zero attached hydrogens (tertiary/aromatic N) is 2. The predicted octanol–water partition coefficient (Wildman–Crippen LogP) is 8.11. The summed E-state index contributed by atoms with van der Waals surface area (Å²) in [6.45, 7) is 0. The number of rotatable bonds is 4. The second-order valence-corrected chi connectivity index (χ2v) is 9.93. The molecule has 7 rings (SSSR count). The van der Waals surface area contributed by atoms with Crippen LogP contribution in [0.4, 0.5) is 0 Å². The first-order chi connectivity index (χ1) is 17.3. The highest BCUT2D eigenvalue weighted by Gasteiger charge is 2.16. The van der Waals surface area contributed by atoms with Gasteiger partial charge in [-0.1, -0.05) is 78.9 Å². The average molecular weight is 470 g/mol. The number of nitrogens with one attached hydrogen (secondary N) is 1. The fourth-order valence-corrected chi connectivity index (χ4v) is 6.47. The molecule has 1 atom stereocenters. The topological polar surface area (TPSA) is 29.3 Å². The first-order valence-corrected chi connectivity index (χ1v) is 12.7. The van der Waals surface area contributed by atoms with Crippen LogP contribution in [0.1, 0.15) is 11.7 Å². The molecule has 0 spiro atoms. The van der Waals surface area contributed by atoms with Crippen LogP contribution in [0.2, 0.25) is 0 Å². The molecule has 0 amide bonds. The molecule has 0 aliphatic heterocycles. The van der Waals surface area contributed by atoms with Gasteiger partial charge in [0.05, 0.1) is 17.4 Å². The van der Waals surface area contributed by atoms with Gasteiger partial charge in [-0.2, -0.15) is 0 Å². The van der Waals surface area contributed by atoms with Crippen molar-refractivity contribution in [3.05, 3.63) is 109 Å². The maximum absolute atomic E-state index is 4.95. The van der Waals surface area contributed by atoms with Gasteiger partial charge in [0.25, 0.3) is 0 Å². The van der Waals surface area contributed by atoms with Crippen LogP contribution in [0.5, 0.6) is 0 Å². The summed E-state index contributed by atoms with van der Waals surface area (Å²) in [6, 6.07) is 36.8. The molecule has 7 aromatic rings. The average Bonchev–Trinajstić information content (AvgIpc) is 3.45. The second kappa shape index (κ2) is 8.05. The van der Waals surface area contributed by atoms with Gasteiger partial charge >= 0.3 is 0 Å². The lowest BCUT2D eigenvalue weighted by Gasteiger charge is -2.12. The van der Waals surface area contributed by atoms with E-state index < -0.39 is 0 Å². The standard InChI is InChI=1S/C31H23N3S/c1-32-31(20-9-3-2-4-10-20)33-19-34-25-13-7-5-11-23(25)29-21-16-18-28-30(22(21)15-17-26(29)34)24-12-6-8-14-27(24)35-28/h2-19,31-32H,1H3. The molecule has 2 aromatic heterocycles. The van der Waals surface area contributed by atoms with Gasteiger partial charge in [0.15, 0.2) is 0 Å². The molecule has 0 aliphatic carbocycles. The Labute approximate surface area is 206 Å². The number of thiophene rings is 1. The quantitative estimate of drug-likeness (QED) is 0.205. The summed E-state index contributed by atoms with van der Waals surface area (Å²) in [7, 11) is 1.95. The maximum Gasteiger partial charge on any atom is 0.127 e. The monoisotopic (exact) mass is 469 g/mol. The molecule has 0 saturated heterocycles. The number of aromatic nitrogens is 1. The third-order valence-electron chi connectivity index (χ3n) is 6.93. The van der Waals surface area contributed by atoms with Crippen molar-refractivity contribution in [2.75, 3.05) is 7.05 Å². The highest BCUT2D eigenvalue weighted by molar-refractivity contribution is 7.26. The summed E-state index contributed by atoms with van der Waals surface area (Å²) in [5.74, 6) is 0. The highest BCUT2D eigenvalue weighted by Crippen LogP contribution is 2.42. The maximum atomic E-state index is 4.95. The normalized spacial score (nSPS) is 13.2. The summed E-state index contributed by atoms with van der Waals surface area (Å²) in [6.07, 6.45) is 1.87. The van der Waals surface area contributed by atoms with Crippen molar-refractivity contribution in [3.63, 3.8) is 0 Å². The number of benzene rings is 5. The van der Waals surface area contributed by atoms with Crippen molar-refractivity contribution in [2.24, 2.45) is 4.99 Å². The van der Waals surface area contributed by atoms with Gasteiger partial charge in [-0.25, -0.2) is 0 Å². The van der Waals surface area contributed by atoms with Crippen molar-refractivity contribution in [3.8, 4) is 0 Å². The van der Waals surface area contributed by atoms with Gasteiger partial charge in [0.1, 0.15) is 6.17 Å². The van der Waals surface area contributed by atoms with E-state index in [0.29, 0.717) is 0 Å². The molecule has 2 heterocycles. The number of hydrogen-bond donors (Lipinski definition) is 1. The Bertz CT molecular complexity index is 1890. The van der Waals surface area contributed by atoms with Crippen LogP contribution in [0.15, 0.2) is 108 Å². The van der Waals surface area contributed by atoms with E-state index in [1.54, 1.807) is 0 Å². The number of hydrogen-bond acceptors (Lipinski definition) is 3. The summed E-state index contributed by atoms with van der Waals surface area (Å²) in [5, 5.41) is 11.1. The number of aliphatic imine (C=N–C) groups is 1. The van der Waals surface area contributed by atoms with Crippen LogP contribution in [0.25, 0.3) is 52.8 Å². The minimum absolute atomic E-state index is 0.107. The third kappa shape index (κ3) is 3.11. The van der Waals surface area contributed by atoms with Crippen molar-refractivity contribution in [1.82, 2.24) is 9.88 Å². The lowest BCUT2D eigenvalue weighted by molar-refractivity contribution is 0.626. The second-order valence-electron chi connectivity index (χ2n) is 8.85. The molecule has 0 saturated carbocycles. The van der Waals surface area contributed by atoms with Gasteiger partial charge in [0, 0.05) is 30.9 Å². The van der Waals surface area contributed by atoms with E-state index in [-0.39, 0.29) is 6.17 Å². The molecule has 0 radical (unpaired) electrons. The molecular formula is C31H23N3S. The first kappa shape index (κ1) is 20.4. The van der Waals surface area contributed by atoms with Crippen LogP contribution in [0, 0.1) is 0 Å². The van der Waals surface area contributed by atoms with E-state index in [9.17, 15) is 0 Å². The van der Waals surface area contributed by atoms with E-state index in [2.05, 4.69) is 107 Å². The number of fused-ring (bicyclic) bond motifs is 9. The molecule has 0 aliphatic rings. The molecule has 5 aromatic carbocycles. The predicted molar refractivity (Wildman–Crippen MR) is 152 cm³/mol. The molecule has 1 unspecified atom stereocenters. The molecular weight excluding hydrogens is 446 g/mol. The van der Waals surface area contributed by atoms with Gasteiger partial charge in [-0.15, -0.1) is 11.3 Å². The van der Waals surface area contributed by atoms with E-state index >= 15 is 0 Å². The van der Waals surface area contributed by atoms with Gasteiger partial charge in [-0.3, -0.25) is 10.3 Å². The molecule has 0 bridgehead atoms. The van der Waals surface area contributed by atoms with E-state index in [4.69, 9.17) is 4.99 Å². The molecule has 168 valence electrons. The van der Waals surface area contributed by atoms with Crippen molar-refractivity contribution in [2.45, 2.75) is 6.17 Å². The summed E-state index contributed by atoms with van der Waals surface area (Å²) in [5.41, 5.74) is 3.48. The van der Waals surface area contributed by atoms with Gasteiger partial charge in [0.2, 0.25) is 0 Å². The number of para-hydroxylation sites is 1. The lowest BCUT2D eigenvalue weighted by Crippen LogP contribution is -2.15. The van der Waals surface area contributed by atoms with E-state index in [1.807, 2.05) is 30.8 Å². The SMILES string of the molecule is CNC(N=Cn1c2ccccc2c2c3ccc4sc5ccccc5c4c3ccc21)c1ccccc1. The lowest BCUT2D eigenvalue weighted by atomic mass is 9.99. The van der Waals surface area contributed by atoms with Crippen LogP contribution in [-0.4, -0.2) is 18.0 Å². The first-order valence-electron chi connectivity index (χ1n) is 11.8. The minimum Gasteiger partial charge on any atom is -0.300 e. The zero-order chi connectivity index (χ0) is 23.4. The Morgan fingerprint density at radius 1 is 0.657 bits per heavy atom. The van der Waals surface area contributed by atoms with E-state index in [0.717, 1.165) is 11.1 Å². The zero-order valence-corrected chi connectivity index (χ0v) is 20.1. The van der Waals surface area contributed by atoms with Crippen LogP contribution >= 0.6 is 11.3 Å². The van der Waals surface area contributed by atoms with Crippen LogP contribution in [0.3, 0.4) is 0 Å². The van der Waals surface area contributed by atoms with E-state index in [1.165, 1.54) is 47.2 Å². The molecule has 3 nitrogen and oxygen atoms in total. The summed E-state index contributed by atoms with van der Waals surface area (Å²) >= 11 is 1.87. The third-order valence-corrected chi connectivity index (χ3v) is 8.07. The van der Waals surface area contributed by atoms with Gasteiger partial charge in [-0.05, 0) is 47.6 Å². The summed E-state index contributed by atoms with van der Waals surface area (Å²) in [4.78, 5) is 4.95. The Balaban J connectivity index is 1.51. The Morgan fingerprint density at radius 3 is 2.23 bits per heavy atom. The largest absolute Gasteiger partial charge is 0.300 e. The van der Waals surface area contributed by atoms with Crippen LogP contribution < -0.4 is 5.32 Å². The Hall–Kier alpha value is -3.99. The summed E-state index contributed by atoms with van der Waals surface area (Å²) < 4.78 is 4.90. The van der Waals surface area contributed by atoms with Crippen molar-refractivity contribution >= 4 is 70.4 Å². The fourth-order valence-electron chi connectivity index (χ4n) is 5.35. The molecule has 0 fully saturated rings. The molecule has 35 heavy (non-hydrogen) atoms.